The molecule has 1 saturated heterocycles. The summed E-state index contributed by atoms with van der Waals surface area (Å²) in [5, 5.41) is 8.57. The van der Waals surface area contributed by atoms with Crippen LogP contribution >= 0.6 is 0 Å². The highest BCUT2D eigenvalue weighted by Gasteiger charge is 2.25. The first-order valence-corrected chi connectivity index (χ1v) is 3.78. The van der Waals surface area contributed by atoms with Gasteiger partial charge in [-0.3, -0.25) is 4.79 Å². The minimum absolute atomic E-state index is 0.0984. The van der Waals surface area contributed by atoms with Crippen LogP contribution in [0.4, 0.5) is 0 Å². The van der Waals surface area contributed by atoms with Gasteiger partial charge in [0.05, 0.1) is 0 Å². The van der Waals surface area contributed by atoms with E-state index in [9.17, 15) is 4.79 Å². The van der Waals surface area contributed by atoms with E-state index in [-0.39, 0.29) is 5.92 Å². The molecule has 11 heavy (non-hydrogen) atoms. The maximum Gasteiger partial charge on any atom is 0.320 e. The van der Waals surface area contributed by atoms with Gasteiger partial charge in [0.25, 0.3) is 0 Å². The van der Waals surface area contributed by atoms with Crippen LogP contribution in [0.1, 0.15) is 12.8 Å². The fourth-order valence-electron chi connectivity index (χ4n) is 1.28. The van der Waals surface area contributed by atoms with Crippen LogP contribution < -0.4 is 5.73 Å². The van der Waals surface area contributed by atoms with Crippen molar-refractivity contribution in [3.8, 4) is 0 Å². The SMILES string of the molecule is N[C@@H](C(=O)O)C1CCOCC1. The molecule has 1 heterocycles. The lowest BCUT2D eigenvalue weighted by Crippen LogP contribution is -2.40. The third-order valence-corrected chi connectivity index (χ3v) is 2.06. The van der Waals surface area contributed by atoms with Crippen molar-refractivity contribution in [2.45, 2.75) is 18.9 Å². The predicted octanol–water partition coefficient (Wildman–Crippen LogP) is -0.175. The van der Waals surface area contributed by atoms with E-state index in [1.54, 1.807) is 0 Å². The lowest BCUT2D eigenvalue weighted by Gasteiger charge is -2.24. The Morgan fingerprint density at radius 3 is 2.55 bits per heavy atom. The Hall–Kier alpha value is -0.610. The molecule has 0 aromatic rings. The van der Waals surface area contributed by atoms with Gasteiger partial charge in [-0.2, -0.15) is 0 Å². The van der Waals surface area contributed by atoms with Crippen molar-refractivity contribution in [2.75, 3.05) is 13.2 Å². The number of carboxylic acids is 1. The van der Waals surface area contributed by atoms with Gasteiger partial charge in [-0.05, 0) is 18.8 Å². The van der Waals surface area contributed by atoms with Crippen molar-refractivity contribution in [3.05, 3.63) is 0 Å². The highest BCUT2D eigenvalue weighted by atomic mass is 16.5. The molecule has 0 aliphatic carbocycles. The molecule has 0 aromatic heterocycles. The molecule has 3 N–H and O–H groups in total. The molecule has 0 aromatic carbocycles. The third-order valence-electron chi connectivity index (χ3n) is 2.06. The van der Waals surface area contributed by atoms with Crippen LogP contribution in [0.3, 0.4) is 0 Å². The number of carbonyl (C=O) groups is 1. The molecule has 0 amide bonds. The second-order valence-electron chi connectivity index (χ2n) is 2.81. The van der Waals surface area contributed by atoms with E-state index in [0.717, 1.165) is 12.8 Å². The Kier molecular flexibility index (Phi) is 2.84. The average Bonchev–Trinajstić information content (AvgIpc) is 2.05. The Morgan fingerprint density at radius 2 is 2.09 bits per heavy atom. The first-order chi connectivity index (χ1) is 5.22. The molecule has 0 unspecified atom stereocenters. The van der Waals surface area contributed by atoms with Crippen molar-refractivity contribution in [1.29, 1.82) is 0 Å². The molecule has 1 fully saturated rings. The molecule has 1 atom stereocenters. The van der Waals surface area contributed by atoms with Gasteiger partial charge in [0, 0.05) is 13.2 Å². The summed E-state index contributed by atoms with van der Waals surface area (Å²) < 4.78 is 5.08. The van der Waals surface area contributed by atoms with Gasteiger partial charge >= 0.3 is 5.97 Å². The number of hydrogen-bond acceptors (Lipinski definition) is 3. The maximum atomic E-state index is 10.4. The molecule has 1 aliphatic heterocycles. The van der Waals surface area contributed by atoms with Gasteiger partial charge in [0.2, 0.25) is 0 Å². The molecule has 0 saturated carbocycles. The molecule has 0 bridgehead atoms. The zero-order chi connectivity index (χ0) is 8.27. The van der Waals surface area contributed by atoms with E-state index in [0.29, 0.717) is 13.2 Å². The predicted molar refractivity (Wildman–Crippen MR) is 39.2 cm³/mol. The van der Waals surface area contributed by atoms with Crippen LogP contribution in [0.5, 0.6) is 0 Å². The van der Waals surface area contributed by atoms with E-state index >= 15 is 0 Å². The second kappa shape index (κ2) is 3.69. The van der Waals surface area contributed by atoms with Gasteiger partial charge in [0.1, 0.15) is 6.04 Å². The lowest BCUT2D eigenvalue weighted by atomic mass is 9.92. The largest absolute Gasteiger partial charge is 0.480 e. The number of rotatable bonds is 2. The summed E-state index contributed by atoms with van der Waals surface area (Å²) in [4.78, 5) is 10.4. The second-order valence-corrected chi connectivity index (χ2v) is 2.81. The van der Waals surface area contributed by atoms with Crippen molar-refractivity contribution >= 4 is 5.97 Å². The van der Waals surface area contributed by atoms with Crippen molar-refractivity contribution in [1.82, 2.24) is 0 Å². The summed E-state index contributed by atoms with van der Waals surface area (Å²) >= 11 is 0. The van der Waals surface area contributed by atoms with Crippen molar-refractivity contribution in [3.63, 3.8) is 0 Å². The van der Waals surface area contributed by atoms with E-state index in [2.05, 4.69) is 0 Å². The molecular formula is C7H13NO3. The first-order valence-electron chi connectivity index (χ1n) is 3.78. The summed E-state index contributed by atoms with van der Waals surface area (Å²) in [6.45, 7) is 1.29. The van der Waals surface area contributed by atoms with Crippen molar-refractivity contribution in [2.24, 2.45) is 11.7 Å². The third kappa shape index (κ3) is 2.17. The molecule has 0 radical (unpaired) electrons. The van der Waals surface area contributed by atoms with Crippen LogP contribution in [-0.4, -0.2) is 30.3 Å². The fraction of sp³-hybridized carbons (Fsp3) is 0.857. The summed E-state index contributed by atoms with van der Waals surface area (Å²) in [5.41, 5.74) is 5.44. The van der Waals surface area contributed by atoms with Gasteiger partial charge < -0.3 is 15.6 Å². The standard InChI is InChI=1S/C7H13NO3/c8-6(7(9)10)5-1-3-11-4-2-5/h5-6H,1-4,8H2,(H,9,10)/t6-/m1/s1. The first kappa shape index (κ1) is 8.49. The molecular weight excluding hydrogens is 146 g/mol. The van der Waals surface area contributed by atoms with Gasteiger partial charge in [0.15, 0.2) is 0 Å². The zero-order valence-electron chi connectivity index (χ0n) is 6.32. The van der Waals surface area contributed by atoms with E-state index in [1.807, 2.05) is 0 Å². The number of ether oxygens (including phenoxy) is 1. The molecule has 4 heteroatoms. The minimum Gasteiger partial charge on any atom is -0.480 e. The average molecular weight is 159 g/mol. The summed E-state index contributed by atoms with van der Waals surface area (Å²) in [6.07, 6.45) is 1.54. The summed E-state index contributed by atoms with van der Waals surface area (Å²) in [5.74, 6) is -0.807. The lowest BCUT2D eigenvalue weighted by molar-refractivity contribution is -0.140. The number of nitrogens with two attached hydrogens (primary N) is 1. The van der Waals surface area contributed by atoms with Crippen LogP contribution in [0.15, 0.2) is 0 Å². The minimum atomic E-state index is -0.906. The monoisotopic (exact) mass is 159 g/mol. The zero-order valence-corrected chi connectivity index (χ0v) is 6.32. The molecule has 1 rings (SSSR count). The Balaban J connectivity index is 2.38. The van der Waals surface area contributed by atoms with Gasteiger partial charge in [-0.1, -0.05) is 0 Å². The molecule has 1 aliphatic rings. The Morgan fingerprint density at radius 1 is 1.55 bits per heavy atom. The topological polar surface area (TPSA) is 72.6 Å². The smallest absolute Gasteiger partial charge is 0.320 e. The van der Waals surface area contributed by atoms with E-state index < -0.39 is 12.0 Å². The number of aliphatic carboxylic acids is 1. The Bertz CT molecular complexity index is 143. The van der Waals surface area contributed by atoms with Crippen LogP contribution in [0, 0.1) is 5.92 Å². The van der Waals surface area contributed by atoms with Gasteiger partial charge in [-0.25, -0.2) is 0 Å². The molecule has 64 valence electrons. The van der Waals surface area contributed by atoms with E-state index in [4.69, 9.17) is 15.6 Å². The highest BCUT2D eigenvalue weighted by molar-refractivity contribution is 5.73. The highest BCUT2D eigenvalue weighted by Crippen LogP contribution is 2.17. The fourth-order valence-corrected chi connectivity index (χ4v) is 1.28. The van der Waals surface area contributed by atoms with E-state index in [1.165, 1.54) is 0 Å². The maximum absolute atomic E-state index is 10.4. The quantitative estimate of drug-likeness (QED) is 0.586. The summed E-state index contributed by atoms with van der Waals surface area (Å²) in [7, 11) is 0. The van der Waals surface area contributed by atoms with Crippen LogP contribution in [-0.2, 0) is 9.53 Å². The van der Waals surface area contributed by atoms with Gasteiger partial charge in [-0.15, -0.1) is 0 Å². The normalized spacial score (nSPS) is 23.0. The summed E-state index contributed by atoms with van der Waals surface area (Å²) in [6, 6.07) is -0.709. The number of hydrogen-bond donors (Lipinski definition) is 2. The van der Waals surface area contributed by atoms with Crippen LogP contribution in [0.25, 0.3) is 0 Å². The van der Waals surface area contributed by atoms with Crippen LogP contribution in [0.2, 0.25) is 0 Å². The molecule has 4 nitrogen and oxygen atoms in total. The Labute approximate surface area is 65.3 Å². The number of carboxylic acid groups (broad SMARTS) is 1. The van der Waals surface area contributed by atoms with Crippen molar-refractivity contribution < 1.29 is 14.6 Å². The molecule has 0 spiro atoms.